The zero-order valence-electron chi connectivity index (χ0n) is 13.9. The monoisotopic (exact) mass is 342 g/mol. The molecular formula is C15H26N4O3S. The van der Waals surface area contributed by atoms with E-state index in [1.165, 1.54) is 17.8 Å². The van der Waals surface area contributed by atoms with E-state index in [1.54, 1.807) is 0 Å². The molecule has 0 amide bonds. The number of piperidine rings is 1. The second-order valence-electron chi connectivity index (χ2n) is 6.72. The maximum absolute atomic E-state index is 11.8. The van der Waals surface area contributed by atoms with Gasteiger partial charge in [0, 0.05) is 31.5 Å². The number of nitrogens with zero attached hydrogens (tertiary/aromatic N) is 3. The van der Waals surface area contributed by atoms with Crippen LogP contribution >= 0.6 is 0 Å². The average Bonchev–Trinajstić information content (AvgIpc) is 3.01. The van der Waals surface area contributed by atoms with E-state index in [4.69, 9.17) is 9.51 Å². The summed E-state index contributed by atoms with van der Waals surface area (Å²) in [6.45, 7) is 3.18. The molecule has 2 heterocycles. The predicted octanol–water partition coefficient (Wildman–Crippen LogP) is 1.93. The molecule has 1 saturated heterocycles. The molecule has 1 aliphatic heterocycles. The zero-order chi connectivity index (χ0) is 16.5. The summed E-state index contributed by atoms with van der Waals surface area (Å²) in [7, 11) is -1.89. The highest BCUT2D eigenvalue weighted by atomic mass is 32.2. The van der Waals surface area contributed by atoms with E-state index in [0.717, 1.165) is 44.3 Å². The van der Waals surface area contributed by atoms with E-state index < -0.39 is 10.2 Å². The Hall–Kier alpha value is -0.990. The molecule has 1 N–H and O–H groups in total. The molecule has 23 heavy (non-hydrogen) atoms. The van der Waals surface area contributed by atoms with Crippen molar-refractivity contribution < 1.29 is 12.9 Å². The molecule has 1 aliphatic carbocycles. The minimum absolute atomic E-state index is 0.132. The zero-order valence-corrected chi connectivity index (χ0v) is 14.7. The lowest BCUT2D eigenvalue weighted by Gasteiger charge is -2.38. The summed E-state index contributed by atoms with van der Waals surface area (Å²) in [6, 6.07) is 0. The van der Waals surface area contributed by atoms with Gasteiger partial charge < -0.3 is 4.52 Å². The number of hydrogen-bond donors (Lipinski definition) is 1. The highest BCUT2D eigenvalue weighted by Crippen LogP contribution is 2.46. The van der Waals surface area contributed by atoms with Gasteiger partial charge in [0.15, 0.2) is 5.82 Å². The van der Waals surface area contributed by atoms with Gasteiger partial charge in [-0.3, -0.25) is 0 Å². The molecule has 7 nitrogen and oxygen atoms in total. The van der Waals surface area contributed by atoms with Crippen LogP contribution in [-0.2, 0) is 15.6 Å². The van der Waals surface area contributed by atoms with E-state index in [2.05, 4.69) is 16.8 Å². The number of nitrogens with one attached hydrogen (secondary N) is 1. The Morgan fingerprint density at radius 3 is 2.57 bits per heavy atom. The van der Waals surface area contributed by atoms with Crippen molar-refractivity contribution in [2.45, 2.75) is 63.2 Å². The van der Waals surface area contributed by atoms with Crippen LogP contribution < -0.4 is 4.72 Å². The topological polar surface area (TPSA) is 88.3 Å². The summed E-state index contributed by atoms with van der Waals surface area (Å²) in [5, 5.41) is 4.26. The SMILES string of the molecule is CCCC1(c2noc(C3CCN(S(=O)(=O)NC)CC3)n2)CCC1. The molecule has 1 aromatic rings. The Balaban J connectivity index is 1.66. The highest BCUT2D eigenvalue weighted by Gasteiger charge is 2.42. The van der Waals surface area contributed by atoms with Gasteiger partial charge in [-0.25, -0.2) is 4.72 Å². The van der Waals surface area contributed by atoms with Crippen LogP contribution in [0.4, 0.5) is 0 Å². The fraction of sp³-hybridized carbons (Fsp3) is 0.867. The summed E-state index contributed by atoms with van der Waals surface area (Å²) >= 11 is 0. The van der Waals surface area contributed by atoms with Crippen molar-refractivity contribution in [2.75, 3.05) is 20.1 Å². The van der Waals surface area contributed by atoms with Crippen molar-refractivity contribution in [2.24, 2.45) is 0 Å². The number of hydrogen-bond acceptors (Lipinski definition) is 5. The minimum Gasteiger partial charge on any atom is -0.339 e. The van der Waals surface area contributed by atoms with Gasteiger partial charge in [0.05, 0.1) is 0 Å². The van der Waals surface area contributed by atoms with Gasteiger partial charge in [0.1, 0.15) is 0 Å². The number of aromatic nitrogens is 2. The predicted molar refractivity (Wildman–Crippen MR) is 86.3 cm³/mol. The lowest BCUT2D eigenvalue weighted by molar-refractivity contribution is 0.201. The summed E-state index contributed by atoms with van der Waals surface area (Å²) in [5.41, 5.74) is 0.132. The van der Waals surface area contributed by atoms with Gasteiger partial charge in [-0.05, 0) is 32.1 Å². The fourth-order valence-corrected chi connectivity index (χ4v) is 4.71. The van der Waals surface area contributed by atoms with Gasteiger partial charge in [-0.1, -0.05) is 24.9 Å². The Labute approximate surface area is 138 Å². The van der Waals surface area contributed by atoms with Crippen molar-refractivity contribution in [1.82, 2.24) is 19.2 Å². The van der Waals surface area contributed by atoms with Crippen LogP contribution in [0.1, 0.15) is 69.5 Å². The molecule has 1 saturated carbocycles. The van der Waals surface area contributed by atoms with Crippen molar-refractivity contribution in [3.63, 3.8) is 0 Å². The summed E-state index contributed by atoms with van der Waals surface area (Å²) < 4.78 is 33.0. The molecule has 2 aliphatic rings. The van der Waals surface area contributed by atoms with E-state index in [9.17, 15) is 8.42 Å². The van der Waals surface area contributed by atoms with Gasteiger partial charge >= 0.3 is 0 Å². The standard InChI is InChI=1S/C15H26N4O3S/c1-3-7-15(8-4-9-15)14-17-13(22-18-14)12-5-10-19(11-6-12)23(20,21)16-2/h12,16H,3-11H2,1-2H3. The van der Waals surface area contributed by atoms with Gasteiger partial charge in [-0.2, -0.15) is 17.7 Å². The molecule has 0 bridgehead atoms. The maximum atomic E-state index is 11.8. The molecule has 0 unspecified atom stereocenters. The Morgan fingerprint density at radius 1 is 1.35 bits per heavy atom. The minimum atomic E-state index is -3.33. The first kappa shape index (κ1) is 16.9. The third kappa shape index (κ3) is 3.16. The molecule has 0 aromatic carbocycles. The van der Waals surface area contributed by atoms with E-state index >= 15 is 0 Å². The normalized spacial score (nSPS) is 22.9. The van der Waals surface area contributed by atoms with E-state index in [0.29, 0.717) is 19.0 Å². The molecule has 1 aromatic heterocycles. The van der Waals surface area contributed by atoms with Crippen molar-refractivity contribution in [1.29, 1.82) is 0 Å². The van der Waals surface area contributed by atoms with Crippen molar-refractivity contribution in [3.05, 3.63) is 11.7 Å². The first-order valence-corrected chi connectivity index (χ1v) is 9.97. The van der Waals surface area contributed by atoms with Crippen LogP contribution in [0.25, 0.3) is 0 Å². The van der Waals surface area contributed by atoms with E-state index in [1.807, 2.05) is 0 Å². The van der Waals surface area contributed by atoms with Crippen molar-refractivity contribution >= 4 is 10.2 Å². The van der Waals surface area contributed by atoms with Gasteiger partial charge in [0.25, 0.3) is 10.2 Å². The quantitative estimate of drug-likeness (QED) is 0.853. The summed E-state index contributed by atoms with van der Waals surface area (Å²) in [6.07, 6.45) is 7.24. The summed E-state index contributed by atoms with van der Waals surface area (Å²) in [4.78, 5) is 4.69. The molecule has 3 rings (SSSR count). The second-order valence-corrected chi connectivity index (χ2v) is 8.60. The first-order chi connectivity index (χ1) is 11.0. The third-order valence-electron chi connectivity index (χ3n) is 5.36. The number of rotatable bonds is 6. The lowest BCUT2D eigenvalue weighted by atomic mass is 9.65. The Morgan fingerprint density at radius 2 is 2.04 bits per heavy atom. The highest BCUT2D eigenvalue weighted by molar-refractivity contribution is 7.87. The summed E-state index contributed by atoms with van der Waals surface area (Å²) in [5.74, 6) is 1.72. The largest absolute Gasteiger partial charge is 0.339 e. The molecule has 0 radical (unpaired) electrons. The Bertz CT molecular complexity index is 631. The smallest absolute Gasteiger partial charge is 0.279 e. The lowest BCUT2D eigenvalue weighted by Crippen LogP contribution is -2.43. The molecular weight excluding hydrogens is 316 g/mol. The van der Waals surface area contributed by atoms with Crippen LogP contribution in [-0.4, -0.2) is 43.0 Å². The third-order valence-corrected chi connectivity index (χ3v) is 6.92. The van der Waals surface area contributed by atoms with Gasteiger partial charge in [-0.15, -0.1) is 0 Å². The molecule has 2 fully saturated rings. The Kier molecular flexibility index (Phi) is 4.75. The van der Waals surface area contributed by atoms with Crippen LogP contribution in [0.15, 0.2) is 4.52 Å². The first-order valence-electron chi connectivity index (χ1n) is 8.53. The second kappa shape index (κ2) is 6.49. The molecule has 130 valence electrons. The van der Waals surface area contributed by atoms with E-state index in [-0.39, 0.29) is 11.3 Å². The van der Waals surface area contributed by atoms with Crippen LogP contribution in [0.5, 0.6) is 0 Å². The fourth-order valence-electron chi connectivity index (χ4n) is 3.76. The van der Waals surface area contributed by atoms with Crippen LogP contribution in [0.2, 0.25) is 0 Å². The average molecular weight is 342 g/mol. The van der Waals surface area contributed by atoms with Gasteiger partial charge in [0.2, 0.25) is 5.89 Å². The van der Waals surface area contributed by atoms with Crippen molar-refractivity contribution in [3.8, 4) is 0 Å². The molecule has 0 spiro atoms. The molecule has 0 atom stereocenters. The van der Waals surface area contributed by atoms with Crippen LogP contribution in [0.3, 0.4) is 0 Å². The maximum Gasteiger partial charge on any atom is 0.279 e. The van der Waals surface area contributed by atoms with Crippen LogP contribution in [0, 0.1) is 0 Å². The molecule has 8 heteroatoms.